The molecule has 2 rings (SSSR count). The van der Waals surface area contributed by atoms with Gasteiger partial charge < -0.3 is 20.1 Å². The summed E-state index contributed by atoms with van der Waals surface area (Å²) in [7, 11) is -0.975. The minimum atomic E-state index is -1.08. The first-order chi connectivity index (χ1) is 15.4. The lowest BCUT2D eigenvalue weighted by Crippen LogP contribution is -2.50. The van der Waals surface area contributed by atoms with Crippen molar-refractivity contribution in [2.75, 3.05) is 6.26 Å². The van der Waals surface area contributed by atoms with Crippen LogP contribution < -0.4 is 0 Å². The van der Waals surface area contributed by atoms with Gasteiger partial charge in [0.25, 0.3) is 0 Å². The highest BCUT2D eigenvalue weighted by Gasteiger charge is 2.49. The van der Waals surface area contributed by atoms with E-state index in [2.05, 4.69) is 6.92 Å². The highest BCUT2D eigenvalue weighted by molar-refractivity contribution is 7.84. The summed E-state index contributed by atoms with van der Waals surface area (Å²) in [5.74, 6) is -0.115. The number of esters is 1. The molecule has 2 fully saturated rings. The number of aliphatic hydroxyl groups excluding tert-OH is 2. The van der Waals surface area contributed by atoms with E-state index in [1.807, 2.05) is 20.8 Å². The highest BCUT2D eigenvalue weighted by atomic mass is 32.2. The summed E-state index contributed by atoms with van der Waals surface area (Å²) < 4.78 is 18.5. The van der Waals surface area contributed by atoms with Crippen LogP contribution in [0.1, 0.15) is 85.5 Å². The summed E-state index contributed by atoms with van der Waals surface area (Å²) in [6.45, 7) is 7.97. The average molecular weight is 489 g/mol. The predicted molar refractivity (Wildman–Crippen MR) is 128 cm³/mol. The number of aliphatic hydroxyl groups is 2. The lowest BCUT2D eigenvalue weighted by molar-refractivity contribution is -0.171. The molecule has 9 atom stereocenters. The zero-order chi connectivity index (χ0) is 24.9. The van der Waals surface area contributed by atoms with Crippen molar-refractivity contribution in [2.24, 2.45) is 29.1 Å². The Kier molecular flexibility index (Phi) is 10.4. The third kappa shape index (κ3) is 7.76. The molecule has 2 saturated carbocycles. The van der Waals surface area contributed by atoms with Crippen LogP contribution in [0.25, 0.3) is 0 Å². The van der Waals surface area contributed by atoms with Crippen molar-refractivity contribution in [1.82, 2.24) is 0 Å². The van der Waals surface area contributed by atoms with Crippen LogP contribution in [0.4, 0.5) is 0 Å². The van der Waals surface area contributed by atoms with E-state index in [1.165, 1.54) is 0 Å². The van der Waals surface area contributed by atoms with Gasteiger partial charge in [-0.3, -0.25) is 13.8 Å². The Labute approximate surface area is 201 Å². The number of carboxylic acids is 1. The quantitative estimate of drug-likeness (QED) is 0.380. The van der Waals surface area contributed by atoms with Gasteiger partial charge in [0.2, 0.25) is 0 Å². The fourth-order valence-corrected chi connectivity index (χ4v) is 6.71. The Morgan fingerprint density at radius 1 is 1.15 bits per heavy atom. The molecule has 8 heteroatoms. The molecule has 0 amide bonds. The largest absolute Gasteiger partial charge is 0.481 e. The lowest BCUT2D eigenvalue weighted by Gasteiger charge is -2.50. The van der Waals surface area contributed by atoms with Crippen LogP contribution in [-0.4, -0.2) is 61.3 Å². The fourth-order valence-electron chi connectivity index (χ4n) is 5.73. The van der Waals surface area contributed by atoms with E-state index in [0.717, 1.165) is 25.7 Å². The Bertz CT molecular complexity index is 694. The molecule has 0 aromatic rings. The van der Waals surface area contributed by atoms with Crippen LogP contribution in [0.5, 0.6) is 0 Å². The molecule has 0 unspecified atom stereocenters. The Balaban J connectivity index is 2.16. The number of carbonyl (C=O) groups excluding carboxylic acids is 1. The highest BCUT2D eigenvalue weighted by Crippen LogP contribution is 2.50. The van der Waals surface area contributed by atoms with Gasteiger partial charge in [-0.15, -0.1) is 0 Å². The molecule has 0 spiro atoms. The van der Waals surface area contributed by atoms with E-state index in [4.69, 9.17) is 9.84 Å². The molecular weight excluding hydrogens is 444 g/mol. The van der Waals surface area contributed by atoms with Crippen LogP contribution in [-0.2, 0) is 25.1 Å². The first-order valence-electron chi connectivity index (χ1n) is 12.5. The smallest absolute Gasteiger partial charge is 0.311 e. The van der Waals surface area contributed by atoms with Gasteiger partial charge >= 0.3 is 11.9 Å². The van der Waals surface area contributed by atoms with Crippen molar-refractivity contribution >= 4 is 22.7 Å². The fraction of sp³-hybridized carbons (Fsp3) is 0.920. The summed E-state index contributed by atoms with van der Waals surface area (Å²) in [6.07, 6.45) is 4.74. The normalized spacial score (nSPS) is 32.9. The standard InChI is InChI=1S/C25H44O7S/c1-6-25(3,4)24(30)32-21-14-19(33(5)31)11-16-8-7-15(2)20(23(16)21)10-9-17(26)12-18(27)13-22(28)29/h15-21,23,26-27H,6-14H2,1-5H3,(H,28,29)/t15-,16-,17+,18+,19-,20-,21-,23-,33-/m0/s1. The molecule has 0 saturated heterocycles. The van der Waals surface area contributed by atoms with E-state index < -0.39 is 34.4 Å². The van der Waals surface area contributed by atoms with Crippen molar-refractivity contribution in [2.45, 2.75) is 109 Å². The molecule has 192 valence electrons. The molecule has 0 aromatic heterocycles. The first kappa shape index (κ1) is 28.2. The molecule has 0 aromatic carbocycles. The second kappa shape index (κ2) is 12.1. The topological polar surface area (TPSA) is 121 Å². The Hall–Kier alpha value is -0.990. The second-order valence-corrected chi connectivity index (χ2v) is 12.7. The number of carboxylic acid groups (broad SMARTS) is 1. The van der Waals surface area contributed by atoms with E-state index in [1.54, 1.807) is 6.26 Å². The number of rotatable bonds is 11. The number of hydrogen-bond donors (Lipinski definition) is 3. The molecule has 0 aliphatic heterocycles. The van der Waals surface area contributed by atoms with Gasteiger partial charge in [0.1, 0.15) is 6.10 Å². The van der Waals surface area contributed by atoms with E-state index in [-0.39, 0.29) is 42.0 Å². The Morgan fingerprint density at radius 3 is 2.39 bits per heavy atom. The minimum Gasteiger partial charge on any atom is -0.481 e. The maximum absolute atomic E-state index is 13.0. The second-order valence-electron chi connectivity index (χ2n) is 11.0. The van der Waals surface area contributed by atoms with E-state index >= 15 is 0 Å². The summed E-state index contributed by atoms with van der Waals surface area (Å²) in [5, 5.41) is 29.1. The molecule has 2 aliphatic rings. The van der Waals surface area contributed by atoms with E-state index in [0.29, 0.717) is 31.1 Å². The van der Waals surface area contributed by atoms with Gasteiger partial charge in [-0.25, -0.2) is 0 Å². The Morgan fingerprint density at radius 2 is 1.82 bits per heavy atom. The molecule has 2 aliphatic carbocycles. The zero-order valence-corrected chi connectivity index (χ0v) is 21.7. The third-order valence-corrected chi connectivity index (χ3v) is 9.53. The zero-order valence-electron chi connectivity index (χ0n) is 20.9. The van der Waals surface area contributed by atoms with Crippen LogP contribution in [0.2, 0.25) is 0 Å². The molecule has 3 N–H and O–H groups in total. The maximum atomic E-state index is 13.0. The molecule has 7 nitrogen and oxygen atoms in total. The van der Waals surface area contributed by atoms with Gasteiger partial charge in [0.15, 0.2) is 0 Å². The van der Waals surface area contributed by atoms with Crippen LogP contribution in [0.15, 0.2) is 0 Å². The minimum absolute atomic E-state index is 0.0274. The predicted octanol–water partition coefficient (Wildman–Crippen LogP) is 3.52. The van der Waals surface area contributed by atoms with Gasteiger partial charge in [-0.05, 0) is 76.5 Å². The van der Waals surface area contributed by atoms with Crippen LogP contribution >= 0.6 is 0 Å². The third-order valence-electron chi connectivity index (χ3n) is 8.20. The monoisotopic (exact) mass is 488 g/mol. The lowest BCUT2D eigenvalue weighted by atomic mass is 9.59. The number of hydrogen-bond acceptors (Lipinski definition) is 6. The van der Waals surface area contributed by atoms with Crippen molar-refractivity contribution in [3.05, 3.63) is 0 Å². The first-order valence-corrected chi connectivity index (χ1v) is 14.1. The summed E-state index contributed by atoms with van der Waals surface area (Å²) in [6, 6.07) is 0. The van der Waals surface area contributed by atoms with Crippen LogP contribution in [0.3, 0.4) is 0 Å². The number of fused-ring (bicyclic) bond motifs is 1. The van der Waals surface area contributed by atoms with Gasteiger partial charge in [-0.2, -0.15) is 0 Å². The molecule has 33 heavy (non-hydrogen) atoms. The number of carbonyl (C=O) groups is 2. The van der Waals surface area contributed by atoms with Gasteiger partial charge in [0, 0.05) is 28.2 Å². The van der Waals surface area contributed by atoms with Crippen molar-refractivity contribution in [3.63, 3.8) is 0 Å². The summed E-state index contributed by atoms with van der Waals surface area (Å²) in [4.78, 5) is 23.7. The molecule has 0 heterocycles. The number of aliphatic carboxylic acids is 1. The summed E-state index contributed by atoms with van der Waals surface area (Å²) >= 11 is 0. The van der Waals surface area contributed by atoms with Crippen LogP contribution in [0, 0.1) is 29.1 Å². The van der Waals surface area contributed by atoms with Crippen molar-refractivity contribution in [1.29, 1.82) is 0 Å². The SMILES string of the molecule is CCC(C)(C)C(=O)O[C@H]1C[C@@H]([S@](C)=O)C[C@@H]2CC[C@H](C)[C@H](CC[C@@H](O)C[C@@H](O)CC(=O)O)[C@H]21. The van der Waals surface area contributed by atoms with Gasteiger partial charge in [-0.1, -0.05) is 20.3 Å². The molecule has 0 bridgehead atoms. The van der Waals surface area contributed by atoms with Crippen molar-refractivity contribution in [3.8, 4) is 0 Å². The number of ether oxygens (including phenoxy) is 1. The van der Waals surface area contributed by atoms with Crippen molar-refractivity contribution < 1.29 is 33.9 Å². The van der Waals surface area contributed by atoms with E-state index in [9.17, 15) is 24.0 Å². The van der Waals surface area contributed by atoms with Gasteiger partial charge in [0.05, 0.1) is 24.0 Å². The average Bonchev–Trinajstić information content (AvgIpc) is 2.72. The molecule has 0 radical (unpaired) electrons. The maximum Gasteiger partial charge on any atom is 0.311 e. The molecular formula is C25H44O7S. The summed E-state index contributed by atoms with van der Waals surface area (Å²) in [5.41, 5.74) is -0.569.